The van der Waals surface area contributed by atoms with Gasteiger partial charge in [0.1, 0.15) is 5.84 Å². The van der Waals surface area contributed by atoms with Gasteiger partial charge < -0.3 is 10.4 Å². The second-order valence-electron chi connectivity index (χ2n) is 4.72. The summed E-state index contributed by atoms with van der Waals surface area (Å²) in [5.41, 5.74) is 0.900. The molecule has 0 unspecified atom stereocenters. The minimum atomic E-state index is -0.937. The van der Waals surface area contributed by atoms with Crippen LogP contribution in [0.1, 0.15) is 43.6 Å². The number of carbonyl (C=O) groups is 1. The highest BCUT2D eigenvalue weighted by Gasteiger charge is 2.15. The lowest BCUT2D eigenvalue weighted by molar-refractivity contribution is 0.0696. The minimum absolute atomic E-state index is 0.105. The molecule has 0 bridgehead atoms. The first-order chi connectivity index (χ1) is 8.41. The molecule has 0 amide bonds. The van der Waals surface area contributed by atoms with Crippen molar-refractivity contribution in [2.75, 3.05) is 0 Å². The molecule has 1 aromatic carbocycles. The van der Waals surface area contributed by atoms with Crippen LogP contribution in [0.3, 0.4) is 0 Å². The van der Waals surface area contributed by atoms with Crippen LogP contribution in [0, 0.1) is 0 Å². The van der Waals surface area contributed by atoms with Gasteiger partial charge in [-0.25, -0.2) is 4.79 Å². The van der Waals surface area contributed by atoms with Gasteiger partial charge in [-0.3, -0.25) is 4.99 Å². The molecule has 0 atom stereocenters. The van der Waals surface area contributed by atoms with E-state index in [-0.39, 0.29) is 17.6 Å². The maximum Gasteiger partial charge on any atom is 0.336 e. The topological polar surface area (TPSA) is 61.7 Å². The smallest absolute Gasteiger partial charge is 0.336 e. The molecule has 0 aliphatic rings. The van der Waals surface area contributed by atoms with Crippen LogP contribution in [0.2, 0.25) is 0 Å². The van der Waals surface area contributed by atoms with E-state index in [9.17, 15) is 9.90 Å². The second kappa shape index (κ2) is 6.19. The molecule has 2 N–H and O–H groups in total. The van der Waals surface area contributed by atoms with Crippen molar-refractivity contribution in [1.82, 2.24) is 5.32 Å². The SMILES string of the molecule is CC(C)N=C(NC(C)C)c1ccccc1C(=O)O. The molecule has 0 aliphatic carbocycles. The van der Waals surface area contributed by atoms with E-state index in [2.05, 4.69) is 10.3 Å². The lowest BCUT2D eigenvalue weighted by Gasteiger charge is -2.16. The van der Waals surface area contributed by atoms with E-state index >= 15 is 0 Å². The van der Waals surface area contributed by atoms with Crippen LogP contribution < -0.4 is 5.32 Å². The Morgan fingerprint density at radius 2 is 1.72 bits per heavy atom. The predicted octanol–water partition coefficient (Wildman–Crippen LogP) is 2.54. The van der Waals surface area contributed by atoms with Gasteiger partial charge >= 0.3 is 5.97 Å². The zero-order chi connectivity index (χ0) is 13.7. The van der Waals surface area contributed by atoms with E-state index in [1.54, 1.807) is 18.2 Å². The number of aromatic carboxylic acids is 1. The number of nitrogens with zero attached hydrogens (tertiary/aromatic N) is 1. The monoisotopic (exact) mass is 248 g/mol. The van der Waals surface area contributed by atoms with Crippen molar-refractivity contribution in [3.05, 3.63) is 35.4 Å². The Labute approximate surface area is 108 Å². The first kappa shape index (κ1) is 14.2. The summed E-state index contributed by atoms with van der Waals surface area (Å²) < 4.78 is 0. The van der Waals surface area contributed by atoms with Crippen molar-refractivity contribution in [2.24, 2.45) is 4.99 Å². The average Bonchev–Trinajstić information content (AvgIpc) is 2.26. The van der Waals surface area contributed by atoms with E-state index in [4.69, 9.17) is 0 Å². The lowest BCUT2D eigenvalue weighted by Crippen LogP contribution is -2.33. The molecule has 1 aromatic rings. The van der Waals surface area contributed by atoms with E-state index in [1.165, 1.54) is 0 Å². The number of amidine groups is 1. The fourth-order valence-electron chi connectivity index (χ4n) is 1.59. The highest BCUT2D eigenvalue weighted by atomic mass is 16.4. The quantitative estimate of drug-likeness (QED) is 0.636. The first-order valence-corrected chi connectivity index (χ1v) is 6.08. The third kappa shape index (κ3) is 3.87. The number of nitrogens with one attached hydrogen (secondary N) is 1. The molecule has 0 aromatic heterocycles. The van der Waals surface area contributed by atoms with Crippen molar-refractivity contribution in [3.63, 3.8) is 0 Å². The van der Waals surface area contributed by atoms with Gasteiger partial charge in [-0.15, -0.1) is 0 Å². The number of rotatable bonds is 4. The summed E-state index contributed by atoms with van der Waals surface area (Å²) in [5.74, 6) is -0.300. The van der Waals surface area contributed by atoms with Crippen molar-refractivity contribution in [1.29, 1.82) is 0 Å². The fraction of sp³-hybridized carbons (Fsp3) is 0.429. The van der Waals surface area contributed by atoms with Crippen LogP contribution >= 0.6 is 0 Å². The molecule has 4 heteroatoms. The Morgan fingerprint density at radius 1 is 1.17 bits per heavy atom. The second-order valence-corrected chi connectivity index (χ2v) is 4.72. The summed E-state index contributed by atoms with van der Waals surface area (Å²) in [6.07, 6.45) is 0. The zero-order valence-corrected chi connectivity index (χ0v) is 11.3. The highest BCUT2D eigenvalue weighted by molar-refractivity contribution is 6.07. The van der Waals surface area contributed by atoms with Crippen LogP contribution in [-0.4, -0.2) is 29.0 Å². The number of hydrogen-bond acceptors (Lipinski definition) is 2. The number of aliphatic imine (C=N–C) groups is 1. The number of carboxylic acids is 1. The van der Waals surface area contributed by atoms with Gasteiger partial charge in [0.25, 0.3) is 0 Å². The highest BCUT2D eigenvalue weighted by Crippen LogP contribution is 2.10. The molecule has 1 rings (SSSR count). The van der Waals surface area contributed by atoms with E-state index in [0.29, 0.717) is 11.4 Å². The number of carboxylic acid groups (broad SMARTS) is 1. The summed E-state index contributed by atoms with van der Waals surface area (Å²) in [5, 5.41) is 12.4. The third-order valence-corrected chi connectivity index (χ3v) is 2.23. The standard InChI is InChI=1S/C14H20N2O2/c1-9(2)15-13(16-10(3)4)11-7-5-6-8-12(11)14(17)18/h5-10H,1-4H3,(H,15,16)(H,17,18). The van der Waals surface area contributed by atoms with Crippen molar-refractivity contribution >= 4 is 11.8 Å². The number of hydrogen-bond donors (Lipinski definition) is 2. The normalized spacial score (nSPS) is 12.0. The molecule has 0 saturated carbocycles. The van der Waals surface area contributed by atoms with Gasteiger partial charge in [0.05, 0.1) is 5.56 Å². The molecule has 18 heavy (non-hydrogen) atoms. The van der Waals surface area contributed by atoms with Crippen LogP contribution in [0.5, 0.6) is 0 Å². The molecule has 0 saturated heterocycles. The molecule has 4 nitrogen and oxygen atoms in total. The summed E-state index contributed by atoms with van der Waals surface area (Å²) in [4.78, 5) is 15.7. The van der Waals surface area contributed by atoms with Gasteiger partial charge in [-0.1, -0.05) is 18.2 Å². The summed E-state index contributed by atoms with van der Waals surface area (Å²) in [6, 6.07) is 7.21. The van der Waals surface area contributed by atoms with Crippen LogP contribution in [0.15, 0.2) is 29.3 Å². The molecule has 98 valence electrons. The van der Waals surface area contributed by atoms with Gasteiger partial charge in [0, 0.05) is 17.6 Å². The van der Waals surface area contributed by atoms with Crippen molar-refractivity contribution in [2.45, 2.75) is 39.8 Å². The van der Waals surface area contributed by atoms with Crippen LogP contribution in [0.25, 0.3) is 0 Å². The molecular weight excluding hydrogens is 228 g/mol. The summed E-state index contributed by atoms with van der Waals surface area (Å²) >= 11 is 0. The van der Waals surface area contributed by atoms with Crippen LogP contribution in [-0.2, 0) is 0 Å². The van der Waals surface area contributed by atoms with Gasteiger partial charge in [0.15, 0.2) is 0 Å². The molecule has 0 radical (unpaired) electrons. The van der Waals surface area contributed by atoms with Gasteiger partial charge in [0.2, 0.25) is 0 Å². The molecule has 0 aliphatic heterocycles. The largest absolute Gasteiger partial charge is 0.478 e. The predicted molar refractivity (Wildman–Crippen MR) is 73.3 cm³/mol. The first-order valence-electron chi connectivity index (χ1n) is 6.08. The Kier molecular flexibility index (Phi) is 4.89. The summed E-state index contributed by atoms with van der Waals surface area (Å²) in [6.45, 7) is 7.93. The molecule has 0 spiro atoms. The van der Waals surface area contributed by atoms with E-state index < -0.39 is 5.97 Å². The number of benzene rings is 1. The molecule has 0 fully saturated rings. The zero-order valence-electron chi connectivity index (χ0n) is 11.3. The van der Waals surface area contributed by atoms with E-state index in [0.717, 1.165) is 0 Å². The summed E-state index contributed by atoms with van der Waals surface area (Å²) in [7, 11) is 0. The Balaban J connectivity index is 3.25. The van der Waals surface area contributed by atoms with Gasteiger partial charge in [-0.2, -0.15) is 0 Å². The van der Waals surface area contributed by atoms with Crippen LogP contribution in [0.4, 0.5) is 0 Å². The third-order valence-electron chi connectivity index (χ3n) is 2.23. The van der Waals surface area contributed by atoms with E-state index in [1.807, 2.05) is 33.8 Å². The van der Waals surface area contributed by atoms with Crippen molar-refractivity contribution in [3.8, 4) is 0 Å². The fourth-order valence-corrected chi connectivity index (χ4v) is 1.59. The van der Waals surface area contributed by atoms with Gasteiger partial charge in [-0.05, 0) is 33.8 Å². The Hall–Kier alpha value is -1.84. The Morgan fingerprint density at radius 3 is 2.17 bits per heavy atom. The average molecular weight is 248 g/mol. The molecular formula is C14H20N2O2. The van der Waals surface area contributed by atoms with Crippen molar-refractivity contribution < 1.29 is 9.90 Å². The maximum absolute atomic E-state index is 11.2. The minimum Gasteiger partial charge on any atom is -0.478 e. The maximum atomic E-state index is 11.2. The molecule has 0 heterocycles. The Bertz CT molecular complexity index is 451. The lowest BCUT2D eigenvalue weighted by atomic mass is 10.1.